The minimum Gasteiger partial charge on any atom is -0.352 e. The number of piperidine rings is 1. The molecule has 3 aromatic rings. The number of aromatic nitrogens is 2. The zero-order valence-corrected chi connectivity index (χ0v) is 18.7. The molecule has 32 heavy (non-hydrogen) atoms. The quantitative estimate of drug-likeness (QED) is 0.618. The van der Waals surface area contributed by atoms with Gasteiger partial charge in [-0.25, -0.2) is 9.37 Å². The highest BCUT2D eigenvalue weighted by atomic mass is 32.1. The third kappa shape index (κ3) is 5.37. The lowest BCUT2D eigenvalue weighted by molar-refractivity contribution is -0.135. The van der Waals surface area contributed by atoms with Crippen LogP contribution in [0.5, 0.6) is 0 Å². The number of carbonyl (C=O) groups excluding carboxylic acids is 2. The molecule has 1 saturated heterocycles. The van der Waals surface area contributed by atoms with Gasteiger partial charge in [0.15, 0.2) is 0 Å². The Morgan fingerprint density at radius 3 is 2.78 bits per heavy atom. The van der Waals surface area contributed by atoms with E-state index in [0.29, 0.717) is 38.0 Å². The highest BCUT2D eigenvalue weighted by Gasteiger charge is 2.27. The first-order chi connectivity index (χ1) is 15.5. The maximum absolute atomic E-state index is 13.7. The average molecular weight is 453 g/mol. The maximum Gasteiger partial charge on any atom is 0.228 e. The van der Waals surface area contributed by atoms with Crippen molar-refractivity contribution in [1.82, 2.24) is 20.2 Å². The van der Waals surface area contributed by atoms with Crippen molar-refractivity contribution in [3.8, 4) is 10.6 Å². The number of amides is 2. The molecule has 0 unspecified atom stereocenters. The van der Waals surface area contributed by atoms with Crippen LogP contribution in [0.3, 0.4) is 0 Å². The summed E-state index contributed by atoms with van der Waals surface area (Å²) < 4.78 is 13.7. The first-order valence-corrected chi connectivity index (χ1v) is 11.5. The van der Waals surface area contributed by atoms with Crippen LogP contribution in [0.25, 0.3) is 10.6 Å². The fourth-order valence-electron chi connectivity index (χ4n) is 3.75. The number of hydrogen-bond acceptors (Lipinski definition) is 5. The number of thiazole rings is 1. The summed E-state index contributed by atoms with van der Waals surface area (Å²) in [6.45, 7) is 3.12. The third-order valence-electron chi connectivity index (χ3n) is 5.71. The average Bonchev–Trinajstić information content (AvgIpc) is 3.29. The summed E-state index contributed by atoms with van der Waals surface area (Å²) in [5.41, 5.74) is 3.02. The summed E-state index contributed by atoms with van der Waals surface area (Å²) in [6, 6.07) is 8.79. The molecule has 6 nitrogen and oxygen atoms in total. The van der Waals surface area contributed by atoms with E-state index in [4.69, 9.17) is 0 Å². The normalized spacial score (nSPS) is 14.4. The van der Waals surface area contributed by atoms with Crippen molar-refractivity contribution in [1.29, 1.82) is 0 Å². The number of nitrogens with one attached hydrogen (secondary N) is 1. The van der Waals surface area contributed by atoms with Crippen molar-refractivity contribution < 1.29 is 14.0 Å². The third-order valence-corrected chi connectivity index (χ3v) is 6.65. The van der Waals surface area contributed by atoms with Crippen molar-refractivity contribution in [2.24, 2.45) is 5.92 Å². The second kappa shape index (κ2) is 9.99. The molecule has 0 atom stereocenters. The van der Waals surface area contributed by atoms with E-state index in [-0.39, 0.29) is 30.0 Å². The molecule has 0 radical (unpaired) electrons. The second-order valence-corrected chi connectivity index (χ2v) is 8.88. The van der Waals surface area contributed by atoms with Gasteiger partial charge in [-0.2, -0.15) is 0 Å². The molecule has 1 aromatic carbocycles. The molecule has 1 fully saturated rings. The Balaban J connectivity index is 1.24. The van der Waals surface area contributed by atoms with Gasteiger partial charge in [-0.3, -0.25) is 14.6 Å². The summed E-state index contributed by atoms with van der Waals surface area (Å²) in [6.07, 6.45) is 4.98. The van der Waals surface area contributed by atoms with Gasteiger partial charge in [0.1, 0.15) is 10.8 Å². The summed E-state index contributed by atoms with van der Waals surface area (Å²) in [5, 5.41) is 5.66. The molecule has 0 saturated carbocycles. The Morgan fingerprint density at radius 1 is 1.25 bits per heavy atom. The van der Waals surface area contributed by atoms with Crippen LogP contribution in [0.4, 0.5) is 4.39 Å². The number of nitrogens with zero attached hydrogens (tertiary/aromatic N) is 3. The van der Waals surface area contributed by atoms with E-state index in [0.717, 1.165) is 21.8 Å². The van der Waals surface area contributed by atoms with Crippen molar-refractivity contribution in [3.63, 3.8) is 0 Å². The highest BCUT2D eigenvalue weighted by Crippen LogP contribution is 2.24. The van der Waals surface area contributed by atoms with Crippen LogP contribution in [0.1, 0.15) is 29.7 Å². The fraction of sp³-hybridized carbons (Fsp3) is 0.333. The molecule has 2 aromatic heterocycles. The standard InChI is InChI=1S/C24H25FN4O2S/c1-16-4-5-17(11-21(16)25)13-27-23(31)18-6-9-29(10-7-18)22(30)12-20-15-32-24(28-20)19-3-2-8-26-14-19/h2-5,8,11,14-15,18H,6-7,9-10,12-13H2,1H3,(H,27,31). The van der Waals surface area contributed by atoms with E-state index in [1.807, 2.05) is 28.5 Å². The predicted octanol–water partition coefficient (Wildman–Crippen LogP) is 3.75. The minimum atomic E-state index is -0.267. The van der Waals surface area contributed by atoms with Crippen molar-refractivity contribution in [3.05, 3.63) is 70.7 Å². The Hall–Kier alpha value is -3.13. The van der Waals surface area contributed by atoms with Gasteiger partial charge in [0.25, 0.3) is 0 Å². The Kier molecular flexibility index (Phi) is 6.90. The van der Waals surface area contributed by atoms with Gasteiger partial charge in [0.05, 0.1) is 12.1 Å². The first-order valence-electron chi connectivity index (χ1n) is 10.6. The number of pyridine rings is 1. The van der Waals surface area contributed by atoms with E-state index in [9.17, 15) is 14.0 Å². The molecule has 8 heteroatoms. The van der Waals surface area contributed by atoms with E-state index in [1.165, 1.54) is 17.4 Å². The summed E-state index contributed by atoms with van der Waals surface area (Å²) in [7, 11) is 0. The van der Waals surface area contributed by atoms with Crippen molar-refractivity contribution in [2.45, 2.75) is 32.7 Å². The molecule has 0 spiro atoms. The minimum absolute atomic E-state index is 0.0297. The number of benzene rings is 1. The number of halogens is 1. The summed E-state index contributed by atoms with van der Waals surface area (Å²) in [4.78, 5) is 35.7. The lowest BCUT2D eigenvalue weighted by Crippen LogP contribution is -2.43. The second-order valence-electron chi connectivity index (χ2n) is 8.02. The first kappa shape index (κ1) is 22.1. The van der Waals surface area contributed by atoms with Crippen LogP contribution in [-0.2, 0) is 22.6 Å². The molecule has 1 N–H and O–H groups in total. The van der Waals surface area contributed by atoms with Gasteiger partial charge in [-0.05, 0) is 49.1 Å². The lowest BCUT2D eigenvalue weighted by Gasteiger charge is -2.31. The molecule has 1 aliphatic rings. The van der Waals surface area contributed by atoms with Crippen LogP contribution >= 0.6 is 11.3 Å². The monoisotopic (exact) mass is 452 g/mol. The Morgan fingerprint density at radius 2 is 2.06 bits per heavy atom. The smallest absolute Gasteiger partial charge is 0.228 e. The van der Waals surface area contributed by atoms with Crippen LogP contribution in [0.15, 0.2) is 48.1 Å². The van der Waals surface area contributed by atoms with Crippen molar-refractivity contribution >= 4 is 23.2 Å². The number of hydrogen-bond donors (Lipinski definition) is 1. The fourth-order valence-corrected chi connectivity index (χ4v) is 4.56. The number of aryl methyl sites for hydroxylation is 1. The van der Waals surface area contributed by atoms with Gasteiger partial charge >= 0.3 is 0 Å². The van der Waals surface area contributed by atoms with Gasteiger partial charge in [-0.15, -0.1) is 11.3 Å². The predicted molar refractivity (Wildman–Crippen MR) is 121 cm³/mol. The number of rotatable bonds is 6. The molecule has 4 rings (SSSR count). The molecule has 166 valence electrons. The van der Waals surface area contributed by atoms with Crippen LogP contribution in [0, 0.1) is 18.7 Å². The van der Waals surface area contributed by atoms with E-state index < -0.39 is 0 Å². The SMILES string of the molecule is Cc1ccc(CNC(=O)C2CCN(C(=O)Cc3csc(-c4cccnc4)n3)CC2)cc1F. The topological polar surface area (TPSA) is 75.2 Å². The summed E-state index contributed by atoms with van der Waals surface area (Å²) >= 11 is 1.50. The van der Waals surface area contributed by atoms with Crippen LogP contribution in [0.2, 0.25) is 0 Å². The Labute approximate surface area is 190 Å². The van der Waals surface area contributed by atoms with Gasteiger partial charge < -0.3 is 10.2 Å². The summed E-state index contributed by atoms with van der Waals surface area (Å²) in [5.74, 6) is -0.414. The van der Waals surface area contributed by atoms with Gasteiger partial charge in [0, 0.05) is 48.9 Å². The van der Waals surface area contributed by atoms with Crippen molar-refractivity contribution in [2.75, 3.05) is 13.1 Å². The van der Waals surface area contributed by atoms with Gasteiger partial charge in [-0.1, -0.05) is 12.1 Å². The van der Waals surface area contributed by atoms with E-state index in [2.05, 4.69) is 15.3 Å². The number of carbonyl (C=O) groups is 2. The zero-order valence-electron chi connectivity index (χ0n) is 17.9. The molecule has 3 heterocycles. The van der Waals surface area contributed by atoms with Crippen LogP contribution < -0.4 is 5.32 Å². The number of likely N-dealkylation sites (tertiary alicyclic amines) is 1. The molecule has 2 amide bonds. The van der Waals surface area contributed by atoms with Gasteiger partial charge in [0.2, 0.25) is 11.8 Å². The van der Waals surface area contributed by atoms with E-state index >= 15 is 0 Å². The zero-order chi connectivity index (χ0) is 22.5. The van der Waals surface area contributed by atoms with E-state index in [1.54, 1.807) is 25.4 Å². The maximum atomic E-state index is 13.7. The molecular formula is C24H25FN4O2S. The highest BCUT2D eigenvalue weighted by molar-refractivity contribution is 7.13. The largest absolute Gasteiger partial charge is 0.352 e. The molecule has 1 aliphatic heterocycles. The lowest BCUT2D eigenvalue weighted by atomic mass is 9.95. The molecule has 0 aliphatic carbocycles. The molecule has 0 bridgehead atoms. The Bertz CT molecular complexity index is 1090. The molecular weight excluding hydrogens is 427 g/mol. The van der Waals surface area contributed by atoms with Crippen LogP contribution in [-0.4, -0.2) is 39.8 Å².